The van der Waals surface area contributed by atoms with Crippen LogP contribution in [0.2, 0.25) is 0 Å². The monoisotopic (exact) mass is 334 g/mol. The minimum atomic E-state index is -0.308. The number of aromatic nitrogens is 2. The van der Waals surface area contributed by atoms with Gasteiger partial charge in [-0.1, -0.05) is 36.4 Å². The number of fused-ring (bicyclic) bond motifs is 2. The maximum Gasteiger partial charge on any atom is 0.277 e. The van der Waals surface area contributed by atoms with Gasteiger partial charge in [0.2, 0.25) is 0 Å². The van der Waals surface area contributed by atoms with E-state index in [-0.39, 0.29) is 11.5 Å². The first-order chi connectivity index (χ1) is 11.6. The molecule has 24 heavy (non-hydrogen) atoms. The quantitative estimate of drug-likeness (QED) is 0.530. The van der Waals surface area contributed by atoms with E-state index in [0.29, 0.717) is 15.8 Å². The van der Waals surface area contributed by atoms with Crippen molar-refractivity contribution >= 4 is 38.4 Å². The van der Waals surface area contributed by atoms with Gasteiger partial charge in [-0.05, 0) is 53.8 Å². The van der Waals surface area contributed by atoms with Crippen LogP contribution in [-0.2, 0) is 0 Å². The number of carbonyl (C=O) groups excluding carboxylic acids is 1. The molecule has 0 fully saturated rings. The molecule has 0 aliphatic carbocycles. The third-order valence-electron chi connectivity index (χ3n) is 4.09. The molecular weight excluding hydrogens is 320 g/mol. The number of hydrogen-bond acceptors (Lipinski definition) is 4. The second-order valence-electron chi connectivity index (χ2n) is 5.78. The van der Waals surface area contributed by atoms with Crippen molar-refractivity contribution in [2.75, 3.05) is 0 Å². The number of hydrogen-bond donors (Lipinski definition) is 0. The Hall–Kier alpha value is -2.79. The minimum absolute atomic E-state index is 0.294. The molecule has 2 heterocycles. The molecule has 5 heteroatoms. The molecule has 4 nitrogen and oxygen atoms in total. The molecule has 0 atom stereocenters. The molecule has 0 aliphatic heterocycles. The SMILES string of the molecule is Cc1cc(C)c2c(=O)n(C(=O)c3cccc4ccccc34)sc2n1. The maximum atomic E-state index is 13.0. The zero-order valence-electron chi connectivity index (χ0n) is 13.2. The number of benzene rings is 2. The standard InChI is InChI=1S/C19H14N2O2S/c1-11-10-12(2)20-17-16(11)19(23)21(24-17)18(22)15-9-5-7-13-6-3-4-8-14(13)15/h3-10H,1-2H3. The van der Waals surface area contributed by atoms with Crippen molar-refractivity contribution < 1.29 is 4.79 Å². The highest BCUT2D eigenvalue weighted by atomic mass is 32.1. The van der Waals surface area contributed by atoms with Gasteiger partial charge in [-0.2, -0.15) is 3.96 Å². The Labute approximate surface area is 142 Å². The lowest BCUT2D eigenvalue weighted by molar-refractivity contribution is 0.0970. The Bertz CT molecular complexity index is 1170. The average Bonchev–Trinajstić information content (AvgIpc) is 2.90. The third-order valence-corrected chi connectivity index (χ3v) is 5.07. The summed E-state index contributed by atoms with van der Waals surface area (Å²) >= 11 is 1.11. The summed E-state index contributed by atoms with van der Waals surface area (Å²) in [6.45, 7) is 3.76. The first-order valence-corrected chi connectivity index (χ1v) is 8.36. The van der Waals surface area contributed by atoms with E-state index in [0.717, 1.165) is 33.6 Å². The smallest absolute Gasteiger partial charge is 0.267 e. The predicted molar refractivity (Wildman–Crippen MR) is 97.0 cm³/mol. The van der Waals surface area contributed by atoms with E-state index < -0.39 is 0 Å². The Morgan fingerprint density at radius 1 is 1.08 bits per heavy atom. The van der Waals surface area contributed by atoms with Gasteiger partial charge in [0.15, 0.2) is 0 Å². The number of aryl methyl sites for hydroxylation is 2. The van der Waals surface area contributed by atoms with Gasteiger partial charge in [0.25, 0.3) is 11.5 Å². The van der Waals surface area contributed by atoms with Crippen LogP contribution < -0.4 is 5.56 Å². The molecule has 4 rings (SSSR count). The Balaban J connectivity index is 1.97. The second kappa shape index (κ2) is 5.39. The van der Waals surface area contributed by atoms with E-state index in [2.05, 4.69) is 4.98 Å². The maximum absolute atomic E-state index is 13.0. The molecule has 0 radical (unpaired) electrons. The number of carbonyl (C=O) groups is 1. The van der Waals surface area contributed by atoms with Crippen molar-refractivity contribution in [3.63, 3.8) is 0 Å². The lowest BCUT2D eigenvalue weighted by Crippen LogP contribution is -2.22. The molecule has 2 aromatic carbocycles. The highest BCUT2D eigenvalue weighted by Gasteiger charge is 2.19. The molecule has 0 aliphatic rings. The lowest BCUT2D eigenvalue weighted by Gasteiger charge is -2.04. The summed E-state index contributed by atoms with van der Waals surface area (Å²) in [5, 5.41) is 2.34. The van der Waals surface area contributed by atoms with Gasteiger partial charge in [-0.3, -0.25) is 9.59 Å². The molecule has 0 bridgehead atoms. The molecule has 0 saturated heterocycles. The molecule has 0 N–H and O–H groups in total. The first kappa shape index (κ1) is 14.8. The van der Waals surface area contributed by atoms with Gasteiger partial charge in [0.05, 0.1) is 5.39 Å². The van der Waals surface area contributed by atoms with Gasteiger partial charge < -0.3 is 0 Å². The second-order valence-corrected chi connectivity index (χ2v) is 6.72. The van der Waals surface area contributed by atoms with E-state index in [9.17, 15) is 9.59 Å². The molecule has 0 saturated carbocycles. The van der Waals surface area contributed by atoms with Crippen LogP contribution in [0.3, 0.4) is 0 Å². The van der Waals surface area contributed by atoms with Crippen molar-refractivity contribution in [3.05, 3.63) is 75.7 Å². The van der Waals surface area contributed by atoms with Gasteiger partial charge in [0.1, 0.15) is 4.83 Å². The summed E-state index contributed by atoms with van der Waals surface area (Å²) in [7, 11) is 0. The fourth-order valence-corrected chi connectivity index (χ4v) is 4.07. The molecule has 0 amide bonds. The summed E-state index contributed by atoms with van der Waals surface area (Å²) in [6, 6.07) is 15.1. The normalized spacial score (nSPS) is 11.2. The van der Waals surface area contributed by atoms with Crippen molar-refractivity contribution in [3.8, 4) is 0 Å². The number of nitrogens with zero attached hydrogens (tertiary/aromatic N) is 2. The first-order valence-electron chi connectivity index (χ1n) is 7.59. The summed E-state index contributed by atoms with van der Waals surface area (Å²) in [6.07, 6.45) is 0. The topological polar surface area (TPSA) is 52.0 Å². The molecule has 2 aromatic heterocycles. The molecule has 118 valence electrons. The summed E-state index contributed by atoms with van der Waals surface area (Å²) in [4.78, 5) is 30.7. The Kier molecular flexibility index (Phi) is 3.32. The van der Waals surface area contributed by atoms with E-state index >= 15 is 0 Å². The van der Waals surface area contributed by atoms with Crippen LogP contribution in [0.1, 0.15) is 21.6 Å². The van der Waals surface area contributed by atoms with E-state index in [1.807, 2.05) is 56.3 Å². The molecular formula is C19H14N2O2S. The highest BCUT2D eigenvalue weighted by molar-refractivity contribution is 7.14. The lowest BCUT2D eigenvalue weighted by atomic mass is 10.0. The van der Waals surface area contributed by atoms with Crippen LogP contribution in [0.5, 0.6) is 0 Å². The van der Waals surface area contributed by atoms with Crippen LogP contribution in [0, 0.1) is 13.8 Å². The van der Waals surface area contributed by atoms with Crippen molar-refractivity contribution in [1.29, 1.82) is 0 Å². The summed E-state index contributed by atoms with van der Waals surface area (Å²) in [5.74, 6) is -0.308. The minimum Gasteiger partial charge on any atom is -0.267 e. The van der Waals surface area contributed by atoms with Crippen LogP contribution in [-0.4, -0.2) is 14.8 Å². The number of pyridine rings is 1. The van der Waals surface area contributed by atoms with Crippen LogP contribution >= 0.6 is 11.5 Å². The zero-order valence-corrected chi connectivity index (χ0v) is 14.1. The van der Waals surface area contributed by atoms with E-state index in [1.165, 1.54) is 3.96 Å². The van der Waals surface area contributed by atoms with Crippen LogP contribution in [0.15, 0.2) is 53.3 Å². The number of rotatable bonds is 1. The summed E-state index contributed by atoms with van der Waals surface area (Å²) in [5.41, 5.74) is 1.92. The molecule has 0 spiro atoms. The Morgan fingerprint density at radius 3 is 2.67 bits per heavy atom. The zero-order chi connectivity index (χ0) is 16.8. The van der Waals surface area contributed by atoms with Gasteiger partial charge in [0, 0.05) is 11.3 Å². The fraction of sp³-hybridized carbons (Fsp3) is 0.105. The largest absolute Gasteiger partial charge is 0.277 e. The van der Waals surface area contributed by atoms with Crippen LogP contribution in [0.4, 0.5) is 0 Å². The summed E-state index contributed by atoms with van der Waals surface area (Å²) < 4.78 is 1.21. The van der Waals surface area contributed by atoms with Gasteiger partial charge in [-0.25, -0.2) is 4.98 Å². The molecule has 4 aromatic rings. The highest BCUT2D eigenvalue weighted by Crippen LogP contribution is 2.23. The average molecular weight is 334 g/mol. The van der Waals surface area contributed by atoms with Gasteiger partial charge >= 0.3 is 0 Å². The van der Waals surface area contributed by atoms with Crippen molar-refractivity contribution in [1.82, 2.24) is 8.94 Å². The van der Waals surface area contributed by atoms with E-state index in [1.54, 1.807) is 6.07 Å². The van der Waals surface area contributed by atoms with Crippen molar-refractivity contribution in [2.45, 2.75) is 13.8 Å². The van der Waals surface area contributed by atoms with E-state index in [4.69, 9.17) is 0 Å². The Morgan fingerprint density at radius 2 is 1.83 bits per heavy atom. The third kappa shape index (κ3) is 2.17. The van der Waals surface area contributed by atoms with Crippen LogP contribution in [0.25, 0.3) is 21.0 Å². The predicted octanol–water partition coefficient (Wildman–Crippen LogP) is 3.92. The fourth-order valence-electron chi connectivity index (χ4n) is 3.01. The van der Waals surface area contributed by atoms with Crippen molar-refractivity contribution in [2.24, 2.45) is 0 Å². The van der Waals surface area contributed by atoms with Gasteiger partial charge in [-0.15, -0.1) is 0 Å². The molecule has 0 unspecified atom stereocenters.